The van der Waals surface area contributed by atoms with Gasteiger partial charge in [-0.05, 0) is 73.7 Å². The summed E-state index contributed by atoms with van der Waals surface area (Å²) >= 11 is 3.14. The van der Waals surface area contributed by atoms with Gasteiger partial charge in [0.25, 0.3) is 5.91 Å². The number of amides is 1. The number of hydrogen-bond donors (Lipinski definition) is 2. The summed E-state index contributed by atoms with van der Waals surface area (Å²) in [6.07, 6.45) is 2.12. The molecule has 2 N–H and O–H groups in total. The van der Waals surface area contributed by atoms with Crippen molar-refractivity contribution in [2.75, 3.05) is 4.72 Å². The molecule has 0 unspecified atom stereocenters. The fraction of sp³-hybridized carbons (Fsp3) is 0.391. The SMILES string of the molecule is CC(C)(C)Sc1ccc(SNc2cc(F)ccc2C(=O)NC23CC(C#N)(C2)C3)cc1. The molecular weight excluding hydrogens is 417 g/mol. The Balaban J connectivity index is 1.41. The van der Waals surface area contributed by atoms with Gasteiger partial charge in [0, 0.05) is 20.1 Å². The summed E-state index contributed by atoms with van der Waals surface area (Å²) in [6, 6.07) is 14.6. The van der Waals surface area contributed by atoms with E-state index in [0.717, 1.165) is 4.90 Å². The molecule has 2 bridgehead atoms. The maximum absolute atomic E-state index is 13.8. The number of anilines is 1. The van der Waals surface area contributed by atoms with Gasteiger partial charge in [-0.15, -0.1) is 11.8 Å². The molecule has 30 heavy (non-hydrogen) atoms. The highest BCUT2D eigenvalue weighted by Gasteiger charge is 2.69. The highest BCUT2D eigenvalue weighted by atomic mass is 32.2. The van der Waals surface area contributed by atoms with Gasteiger partial charge in [0.05, 0.1) is 22.7 Å². The molecule has 3 fully saturated rings. The first-order valence-electron chi connectivity index (χ1n) is 9.86. The number of hydrogen-bond acceptors (Lipinski definition) is 5. The van der Waals surface area contributed by atoms with Crippen LogP contribution in [0.2, 0.25) is 0 Å². The first-order chi connectivity index (χ1) is 14.1. The average molecular weight is 442 g/mol. The summed E-state index contributed by atoms with van der Waals surface area (Å²) < 4.78 is 17.1. The Labute approximate surface area is 185 Å². The standard InChI is InChI=1S/C23H24FN3OS2/c1-21(2,3)29-16-5-7-17(8-6-16)30-27-19-10-15(24)4-9-18(19)20(28)26-23-11-22(12-23,13-23)14-25/h4-10,27H,11-13H2,1-3H3,(H,26,28). The van der Waals surface area contributed by atoms with E-state index in [1.165, 1.54) is 35.0 Å². The Hall–Kier alpha value is -2.17. The van der Waals surface area contributed by atoms with Crippen molar-refractivity contribution in [1.29, 1.82) is 5.26 Å². The van der Waals surface area contributed by atoms with Gasteiger partial charge in [-0.25, -0.2) is 4.39 Å². The van der Waals surface area contributed by atoms with E-state index in [9.17, 15) is 9.18 Å². The fourth-order valence-electron chi connectivity index (χ4n) is 4.19. The quantitative estimate of drug-likeness (QED) is 0.424. The second kappa shape index (κ2) is 7.51. The zero-order valence-corrected chi connectivity index (χ0v) is 18.8. The molecular formula is C23H24FN3OS2. The number of thioether (sulfide) groups is 1. The number of halogens is 1. The third-order valence-electron chi connectivity index (χ3n) is 5.40. The summed E-state index contributed by atoms with van der Waals surface area (Å²) in [4.78, 5) is 15.0. The van der Waals surface area contributed by atoms with Gasteiger partial charge in [-0.3, -0.25) is 4.79 Å². The Morgan fingerprint density at radius 3 is 2.33 bits per heavy atom. The molecule has 0 aromatic heterocycles. The van der Waals surface area contributed by atoms with Crippen molar-refractivity contribution >= 4 is 35.3 Å². The van der Waals surface area contributed by atoms with Crippen LogP contribution < -0.4 is 10.0 Å². The molecule has 2 aromatic rings. The van der Waals surface area contributed by atoms with Gasteiger partial charge >= 0.3 is 0 Å². The van der Waals surface area contributed by atoms with E-state index in [1.807, 2.05) is 12.1 Å². The van der Waals surface area contributed by atoms with Gasteiger partial charge < -0.3 is 10.0 Å². The number of nitrogens with zero attached hydrogens (tertiary/aromatic N) is 1. The van der Waals surface area contributed by atoms with Crippen LogP contribution in [-0.4, -0.2) is 16.2 Å². The van der Waals surface area contributed by atoms with Crippen molar-refractivity contribution in [1.82, 2.24) is 5.32 Å². The number of carbonyl (C=O) groups excluding carboxylic acids is 1. The summed E-state index contributed by atoms with van der Waals surface area (Å²) in [7, 11) is 0. The molecule has 2 aromatic carbocycles. The van der Waals surface area contributed by atoms with Crippen molar-refractivity contribution in [3.63, 3.8) is 0 Å². The normalized spacial score (nSPS) is 24.2. The minimum absolute atomic E-state index is 0.143. The Morgan fingerprint density at radius 2 is 1.73 bits per heavy atom. The van der Waals surface area contributed by atoms with E-state index >= 15 is 0 Å². The number of nitriles is 1. The lowest BCUT2D eigenvalue weighted by atomic mass is 9.40. The largest absolute Gasteiger partial charge is 0.346 e. The van der Waals surface area contributed by atoms with Crippen molar-refractivity contribution < 1.29 is 9.18 Å². The van der Waals surface area contributed by atoms with Crippen LogP contribution in [0.15, 0.2) is 52.3 Å². The van der Waals surface area contributed by atoms with Gasteiger partial charge in [0.15, 0.2) is 0 Å². The fourth-order valence-corrected chi connectivity index (χ4v) is 5.84. The van der Waals surface area contributed by atoms with Crippen LogP contribution in [0.1, 0.15) is 50.4 Å². The molecule has 3 aliphatic carbocycles. The van der Waals surface area contributed by atoms with Gasteiger partial charge in [0.1, 0.15) is 5.82 Å². The third-order valence-corrected chi connectivity index (χ3v) is 7.35. The minimum atomic E-state index is -0.402. The van der Waals surface area contributed by atoms with E-state index in [-0.39, 0.29) is 21.6 Å². The minimum Gasteiger partial charge on any atom is -0.346 e. The molecule has 5 rings (SSSR count). The zero-order valence-electron chi connectivity index (χ0n) is 17.2. The second-order valence-electron chi connectivity index (χ2n) is 9.24. The maximum Gasteiger partial charge on any atom is 0.253 e. The number of benzene rings is 2. The predicted octanol–water partition coefficient (Wildman–Crippen LogP) is 6.01. The highest BCUT2D eigenvalue weighted by Crippen LogP contribution is 2.66. The van der Waals surface area contributed by atoms with Gasteiger partial charge in [-0.1, -0.05) is 20.8 Å². The molecule has 0 radical (unpaired) electrons. The summed E-state index contributed by atoms with van der Waals surface area (Å²) in [5, 5.41) is 12.2. The molecule has 0 aliphatic heterocycles. The molecule has 0 saturated heterocycles. The summed E-state index contributed by atoms with van der Waals surface area (Å²) in [5.41, 5.74) is 0.350. The molecule has 0 atom stereocenters. The molecule has 4 nitrogen and oxygen atoms in total. The maximum atomic E-state index is 13.8. The molecule has 156 valence electrons. The lowest BCUT2D eigenvalue weighted by molar-refractivity contribution is -0.102. The smallest absolute Gasteiger partial charge is 0.253 e. The van der Waals surface area contributed by atoms with Crippen LogP contribution in [0.3, 0.4) is 0 Å². The molecule has 7 heteroatoms. The first kappa shape index (κ1) is 21.1. The van der Waals surface area contributed by atoms with Crippen molar-refractivity contribution in [3.05, 3.63) is 53.8 Å². The van der Waals surface area contributed by atoms with Crippen LogP contribution >= 0.6 is 23.7 Å². The molecule has 3 aliphatic rings. The Morgan fingerprint density at radius 1 is 1.10 bits per heavy atom. The summed E-state index contributed by atoms with van der Waals surface area (Å²) in [6.45, 7) is 6.52. The van der Waals surface area contributed by atoms with Crippen molar-refractivity contribution in [2.24, 2.45) is 5.41 Å². The second-order valence-corrected chi connectivity index (χ2v) is 12.0. The Bertz CT molecular complexity index is 1000. The molecule has 3 saturated carbocycles. The van der Waals surface area contributed by atoms with E-state index in [2.05, 4.69) is 49.0 Å². The molecule has 1 amide bonds. The highest BCUT2D eigenvalue weighted by molar-refractivity contribution is 8.01. The lowest BCUT2D eigenvalue weighted by Gasteiger charge is -2.66. The van der Waals surface area contributed by atoms with E-state index < -0.39 is 5.82 Å². The number of nitrogens with one attached hydrogen (secondary N) is 2. The van der Waals surface area contributed by atoms with Crippen LogP contribution in [-0.2, 0) is 0 Å². The van der Waals surface area contributed by atoms with Crippen LogP contribution in [0.5, 0.6) is 0 Å². The average Bonchev–Trinajstić information content (AvgIpc) is 2.61. The van der Waals surface area contributed by atoms with Crippen LogP contribution in [0.4, 0.5) is 10.1 Å². The summed E-state index contributed by atoms with van der Waals surface area (Å²) in [5.74, 6) is -0.637. The molecule has 0 heterocycles. The molecule has 0 spiro atoms. The monoisotopic (exact) mass is 441 g/mol. The number of rotatable bonds is 6. The van der Waals surface area contributed by atoms with Gasteiger partial charge in [0.2, 0.25) is 0 Å². The Kier molecular flexibility index (Phi) is 5.27. The number of carbonyl (C=O) groups is 1. The topological polar surface area (TPSA) is 64.9 Å². The van der Waals surface area contributed by atoms with Crippen LogP contribution in [0, 0.1) is 22.6 Å². The van der Waals surface area contributed by atoms with Crippen LogP contribution in [0.25, 0.3) is 0 Å². The first-order valence-corrected chi connectivity index (χ1v) is 11.5. The van der Waals surface area contributed by atoms with Crippen molar-refractivity contribution in [3.8, 4) is 6.07 Å². The van der Waals surface area contributed by atoms with E-state index in [0.29, 0.717) is 30.5 Å². The van der Waals surface area contributed by atoms with Crippen molar-refractivity contribution in [2.45, 2.75) is 60.1 Å². The van der Waals surface area contributed by atoms with Gasteiger partial charge in [-0.2, -0.15) is 5.26 Å². The predicted molar refractivity (Wildman–Crippen MR) is 120 cm³/mol. The lowest BCUT2D eigenvalue weighted by Crippen LogP contribution is -2.74. The van der Waals surface area contributed by atoms with E-state index in [1.54, 1.807) is 11.8 Å². The van der Waals surface area contributed by atoms with E-state index in [4.69, 9.17) is 5.26 Å². The third kappa shape index (κ3) is 4.30. The zero-order chi connectivity index (χ0) is 21.6.